The van der Waals surface area contributed by atoms with Gasteiger partial charge in [0.15, 0.2) is 28.9 Å². The molecule has 3 aromatic carbocycles. The van der Waals surface area contributed by atoms with Gasteiger partial charge in [-0.2, -0.15) is 8.42 Å². The summed E-state index contributed by atoms with van der Waals surface area (Å²) in [5.41, 5.74) is 13.2. The number of carboxylic acid groups (broad SMARTS) is 1. The number of fused-ring (bicyclic) bond motifs is 5. The Labute approximate surface area is 399 Å². The Kier molecular flexibility index (Phi) is 17.7. The van der Waals surface area contributed by atoms with Crippen LogP contribution in [0.25, 0.3) is 22.5 Å². The van der Waals surface area contributed by atoms with Crippen molar-refractivity contribution in [3.05, 3.63) is 89.2 Å². The van der Waals surface area contributed by atoms with Gasteiger partial charge in [-0.15, -0.1) is 0 Å². The van der Waals surface area contributed by atoms with E-state index in [0.29, 0.717) is 17.0 Å². The minimum absolute atomic E-state index is 0.0152. The van der Waals surface area contributed by atoms with Gasteiger partial charge in [-0.25, -0.2) is 24.6 Å². The standard InChI is InChI=1S/C47H60N8O13S/c1-25-12-38(59)41(55(5)45(62)29(22-53-69(50,65)66)16-37(58)30-20-51-43(52-21-30)27-7-9-31(10-8-27)47(2,3)4)28-15-35(42(60)40(17-28)68-24-33(57)19-49)34-13-26(14-36(46(63)64)54-44(25)61)6-11-39(34)67-23-32(56)18-48/h6-11,13,15,17,20-21,25,29,32-33,36,41,53,56-57,60H,12,14,16,18-19,22-24,48-49H2,1-5H3,(H,54,61)(H,63,64)(H2,50,65,66)/t25-,29+,32-,33-,36+,41+/m1/s1. The van der Waals surface area contributed by atoms with Crippen molar-refractivity contribution in [3.8, 4) is 39.8 Å². The second-order valence-corrected chi connectivity index (χ2v) is 19.4. The largest absolute Gasteiger partial charge is 0.504 e. The minimum atomic E-state index is -4.45. The third kappa shape index (κ3) is 14.1. The van der Waals surface area contributed by atoms with Crippen LogP contribution in [0.5, 0.6) is 17.2 Å². The Bertz CT molecular complexity index is 2630. The molecular weight excluding hydrogens is 917 g/mol. The summed E-state index contributed by atoms with van der Waals surface area (Å²) in [6.07, 6.45) is -1.30. The Balaban J connectivity index is 1.63. The number of aromatic nitrogens is 2. The quantitative estimate of drug-likeness (QED) is 0.0631. The first-order valence-electron chi connectivity index (χ1n) is 22.0. The number of aliphatic carboxylic acids is 1. The van der Waals surface area contributed by atoms with Gasteiger partial charge in [-0.1, -0.05) is 58.0 Å². The highest BCUT2D eigenvalue weighted by molar-refractivity contribution is 7.87. The monoisotopic (exact) mass is 976 g/mol. The number of benzene rings is 3. The molecule has 0 radical (unpaired) electrons. The number of nitrogens with one attached hydrogen (secondary N) is 2. The molecule has 6 atom stereocenters. The number of ketones is 2. The summed E-state index contributed by atoms with van der Waals surface area (Å²) >= 11 is 0. The van der Waals surface area contributed by atoms with Gasteiger partial charge < -0.3 is 51.6 Å². The summed E-state index contributed by atoms with van der Waals surface area (Å²) in [4.78, 5) is 79.2. The van der Waals surface area contributed by atoms with Crippen LogP contribution < -0.4 is 36.1 Å². The van der Waals surface area contributed by atoms with Crippen molar-refractivity contribution in [1.29, 1.82) is 0 Å². The molecule has 0 spiro atoms. The Morgan fingerprint density at radius 2 is 1.52 bits per heavy atom. The van der Waals surface area contributed by atoms with Gasteiger partial charge in [-0.05, 0) is 46.4 Å². The number of hydrogen-bond acceptors (Lipinski definition) is 16. The number of Topliss-reactive ketones (excluding diaryl/α,β-unsaturated/α-hetero) is 2. The molecule has 4 bridgehead atoms. The van der Waals surface area contributed by atoms with E-state index in [1.807, 2.05) is 24.3 Å². The predicted molar refractivity (Wildman–Crippen MR) is 252 cm³/mol. The number of phenols is 1. The van der Waals surface area contributed by atoms with Crippen molar-refractivity contribution >= 4 is 39.6 Å². The molecule has 0 unspecified atom stereocenters. The van der Waals surface area contributed by atoms with Crippen molar-refractivity contribution < 1.29 is 62.3 Å². The minimum Gasteiger partial charge on any atom is -0.504 e. The molecule has 1 aromatic heterocycles. The fourth-order valence-corrected chi connectivity index (χ4v) is 7.93. The van der Waals surface area contributed by atoms with Crippen LogP contribution in [0.2, 0.25) is 0 Å². The van der Waals surface area contributed by atoms with Crippen molar-refractivity contribution in [2.24, 2.45) is 28.4 Å². The number of aromatic hydroxyl groups is 1. The topological polar surface area (TPSA) is 350 Å². The predicted octanol–water partition coefficient (Wildman–Crippen LogP) is 1.11. The van der Waals surface area contributed by atoms with Crippen molar-refractivity contribution in [3.63, 3.8) is 0 Å². The molecule has 0 fully saturated rings. The number of nitrogens with zero attached hydrogens (tertiary/aromatic N) is 3. The van der Waals surface area contributed by atoms with Crippen LogP contribution in [0.1, 0.15) is 73.6 Å². The number of amides is 2. The fourth-order valence-electron chi connectivity index (χ4n) is 7.49. The summed E-state index contributed by atoms with van der Waals surface area (Å²) in [7, 11) is -3.24. The number of aliphatic hydroxyl groups excluding tert-OH is 2. The fraction of sp³-hybridized carbons (Fsp3) is 0.426. The Morgan fingerprint density at radius 3 is 2.09 bits per heavy atom. The lowest BCUT2D eigenvalue weighted by molar-refractivity contribution is -0.143. The first kappa shape index (κ1) is 53.6. The number of nitrogens with two attached hydrogens (primary N) is 3. The summed E-state index contributed by atoms with van der Waals surface area (Å²) in [6, 6.07) is 11.4. The van der Waals surface area contributed by atoms with E-state index in [0.717, 1.165) is 10.5 Å². The number of hydrogen-bond donors (Lipinski definition) is 9. The maximum absolute atomic E-state index is 14.8. The van der Waals surface area contributed by atoms with E-state index < -0.39 is 107 Å². The molecular formula is C47H60N8O13S. The zero-order valence-corrected chi connectivity index (χ0v) is 39.7. The first-order valence-corrected chi connectivity index (χ1v) is 23.5. The molecule has 4 aromatic rings. The molecule has 1 aliphatic rings. The number of rotatable bonds is 18. The van der Waals surface area contributed by atoms with Crippen molar-refractivity contribution in [2.45, 2.75) is 76.7 Å². The van der Waals surface area contributed by atoms with E-state index in [1.54, 1.807) is 0 Å². The SMILES string of the molecule is C[C@@H]1CC(=O)[C@@H](N(C)C(=O)[C@H](CNS(N)(=O)=O)CC(=O)c2cnc(-c3ccc(C(C)(C)C)cc3)nc2)c2cc(OC[C@H](O)CN)c(O)c(c2)-c2cc(ccc2OC[C@H](O)CN)C[C@@H](C(=O)O)NC1=O. The van der Waals surface area contributed by atoms with Gasteiger partial charge in [0.25, 0.3) is 10.2 Å². The van der Waals surface area contributed by atoms with Gasteiger partial charge in [-0.3, -0.25) is 19.2 Å². The van der Waals surface area contributed by atoms with Crippen molar-refractivity contribution in [1.82, 2.24) is 24.9 Å². The summed E-state index contributed by atoms with van der Waals surface area (Å²) < 4.78 is 38.3. The smallest absolute Gasteiger partial charge is 0.326 e. The lowest BCUT2D eigenvalue weighted by atomic mass is 9.87. The second kappa shape index (κ2) is 22.8. The maximum Gasteiger partial charge on any atom is 0.326 e. The van der Waals surface area contributed by atoms with Gasteiger partial charge in [0.05, 0.1) is 11.5 Å². The second-order valence-electron chi connectivity index (χ2n) is 18.0. The van der Waals surface area contributed by atoms with E-state index in [4.69, 9.17) is 26.1 Å². The van der Waals surface area contributed by atoms with Gasteiger partial charge in [0.1, 0.15) is 43.3 Å². The van der Waals surface area contributed by atoms with E-state index in [9.17, 15) is 52.8 Å². The van der Waals surface area contributed by atoms with Gasteiger partial charge in [0, 0.05) is 80.9 Å². The number of carbonyl (C=O) groups excluding carboxylic acids is 4. The molecule has 22 heteroatoms. The third-order valence-electron chi connectivity index (χ3n) is 11.5. The molecule has 69 heavy (non-hydrogen) atoms. The van der Waals surface area contributed by atoms with E-state index in [2.05, 4.69) is 40.8 Å². The molecule has 2 heterocycles. The first-order chi connectivity index (χ1) is 32.4. The molecule has 12 N–H and O–H groups in total. The lowest BCUT2D eigenvalue weighted by Gasteiger charge is -2.32. The number of carboxylic acids is 1. The third-order valence-corrected chi connectivity index (χ3v) is 12.1. The Hall–Kier alpha value is -6.40. The van der Waals surface area contributed by atoms with Crippen molar-refractivity contribution in [2.75, 3.05) is 39.9 Å². The molecule has 1 aliphatic heterocycles. The number of ether oxygens (including phenoxy) is 2. The number of carbonyl (C=O) groups is 5. The van der Waals surface area contributed by atoms with Crippen LogP contribution in [0.4, 0.5) is 0 Å². The normalized spacial score (nSPS) is 18.0. The highest BCUT2D eigenvalue weighted by Gasteiger charge is 2.37. The summed E-state index contributed by atoms with van der Waals surface area (Å²) in [5.74, 6) is -7.83. The lowest BCUT2D eigenvalue weighted by Crippen LogP contribution is -2.46. The highest BCUT2D eigenvalue weighted by atomic mass is 32.2. The van der Waals surface area contributed by atoms with Crippen LogP contribution in [0.3, 0.4) is 0 Å². The molecule has 0 saturated heterocycles. The van der Waals surface area contributed by atoms with Gasteiger partial charge in [0.2, 0.25) is 11.8 Å². The summed E-state index contributed by atoms with van der Waals surface area (Å²) in [5, 5.41) is 50.4. The number of likely N-dealkylation sites (N-methyl/N-ethyl adjacent to an activating group) is 1. The van der Waals surface area contributed by atoms with Crippen LogP contribution >= 0.6 is 0 Å². The van der Waals surface area contributed by atoms with Crippen LogP contribution in [0.15, 0.2) is 67.0 Å². The molecule has 2 amide bonds. The zero-order chi connectivity index (χ0) is 51.0. The number of phenolic OH excluding ortho intramolecular Hbond substituents is 1. The zero-order valence-electron chi connectivity index (χ0n) is 38.9. The molecule has 0 aliphatic carbocycles. The average Bonchev–Trinajstić information content (AvgIpc) is 3.30. The van der Waals surface area contributed by atoms with Crippen LogP contribution in [0, 0.1) is 11.8 Å². The summed E-state index contributed by atoms with van der Waals surface area (Å²) in [6.45, 7) is 5.69. The molecule has 372 valence electrons. The van der Waals surface area contributed by atoms with E-state index in [1.165, 1.54) is 56.7 Å². The number of aliphatic hydroxyl groups is 2. The Morgan fingerprint density at radius 1 is 0.913 bits per heavy atom. The van der Waals surface area contributed by atoms with E-state index in [-0.39, 0.29) is 65.3 Å². The maximum atomic E-state index is 14.8. The van der Waals surface area contributed by atoms with E-state index >= 15 is 0 Å². The van der Waals surface area contributed by atoms with Crippen LogP contribution in [-0.2, 0) is 41.2 Å². The molecule has 0 saturated carbocycles. The average molecular weight is 977 g/mol. The highest BCUT2D eigenvalue weighted by Crippen LogP contribution is 2.45. The molecule has 5 rings (SSSR count). The molecule has 21 nitrogen and oxygen atoms in total. The van der Waals surface area contributed by atoms with Crippen LogP contribution in [-0.4, -0.2) is 131 Å². The van der Waals surface area contributed by atoms with Gasteiger partial charge >= 0.3 is 5.97 Å².